The molecule has 0 radical (unpaired) electrons. The molecule has 28 heavy (non-hydrogen) atoms. The van der Waals surface area contributed by atoms with Gasteiger partial charge in [0, 0.05) is 22.7 Å². The first-order chi connectivity index (χ1) is 13.1. The molecule has 0 saturated carbocycles. The summed E-state index contributed by atoms with van der Waals surface area (Å²) in [6.45, 7) is 4.20. The highest BCUT2D eigenvalue weighted by molar-refractivity contribution is 6.34. The number of halogens is 2. The van der Waals surface area contributed by atoms with Crippen molar-refractivity contribution in [1.29, 1.82) is 0 Å². The zero-order valence-electron chi connectivity index (χ0n) is 15.6. The molecule has 2 aromatic rings. The van der Waals surface area contributed by atoms with Crippen LogP contribution in [-0.4, -0.2) is 44.0 Å². The van der Waals surface area contributed by atoms with Gasteiger partial charge in [-0.1, -0.05) is 37.0 Å². The number of hydrogen-bond acceptors (Lipinski definition) is 4. The molecule has 152 valence electrons. The normalized spacial score (nSPS) is 13.5. The molecular weight excluding hydrogens is 405 g/mol. The molecule has 3 N–H and O–H groups in total. The quantitative estimate of drug-likeness (QED) is 0.536. The Kier molecular flexibility index (Phi) is 7.86. The fourth-order valence-electron chi connectivity index (χ4n) is 2.87. The first-order valence-electron chi connectivity index (χ1n) is 8.83. The molecule has 2 rings (SSSR count). The fraction of sp³-hybridized carbons (Fsp3) is 0.421. The lowest BCUT2D eigenvalue weighted by Gasteiger charge is -2.21. The zero-order valence-corrected chi connectivity index (χ0v) is 17.1. The van der Waals surface area contributed by atoms with Crippen molar-refractivity contribution in [2.45, 2.75) is 45.3 Å². The zero-order chi connectivity index (χ0) is 20.8. The Hall–Kier alpha value is -2.09. The predicted molar refractivity (Wildman–Crippen MR) is 107 cm³/mol. The maximum atomic E-state index is 11.6. The number of nitrogens with one attached hydrogen (secondary N) is 1. The Balaban J connectivity index is 2.07. The third kappa shape index (κ3) is 6.82. The van der Waals surface area contributed by atoms with E-state index in [4.69, 9.17) is 23.2 Å². The van der Waals surface area contributed by atoms with E-state index in [2.05, 4.69) is 10.4 Å². The minimum atomic E-state index is -1.12. The van der Waals surface area contributed by atoms with E-state index < -0.39 is 24.0 Å². The van der Waals surface area contributed by atoms with E-state index in [1.54, 1.807) is 35.1 Å². The van der Waals surface area contributed by atoms with E-state index in [9.17, 15) is 19.8 Å². The molecule has 1 unspecified atom stereocenters. The standard InChI is InChI=1S/C19H23Cl2N3O4/c1-11(2)5-16(18(25)26)22-17(19(27)28)9-15-3-4-24(23-15)10-12-6-13(20)8-14(21)7-12/h3-4,6-8,11,16-17,22H,5,9-10H2,1-2H3,(H,25,26)(H,27,28)/t16?,17-/m0/s1. The molecule has 1 aromatic carbocycles. The van der Waals surface area contributed by atoms with Crippen molar-refractivity contribution in [1.82, 2.24) is 15.1 Å². The van der Waals surface area contributed by atoms with Crippen molar-refractivity contribution in [3.8, 4) is 0 Å². The second-order valence-electron chi connectivity index (χ2n) is 7.06. The Labute approximate surface area is 173 Å². The largest absolute Gasteiger partial charge is 0.480 e. The van der Waals surface area contributed by atoms with Gasteiger partial charge in [-0.15, -0.1) is 0 Å². The Morgan fingerprint density at radius 1 is 1.11 bits per heavy atom. The second kappa shape index (κ2) is 9.91. The Morgan fingerprint density at radius 2 is 1.71 bits per heavy atom. The van der Waals surface area contributed by atoms with Crippen LogP contribution in [0.25, 0.3) is 0 Å². The van der Waals surface area contributed by atoms with Gasteiger partial charge in [-0.2, -0.15) is 5.10 Å². The number of carboxylic acids is 2. The summed E-state index contributed by atoms with van der Waals surface area (Å²) in [4.78, 5) is 23.0. The molecule has 0 spiro atoms. The van der Waals surface area contributed by atoms with Gasteiger partial charge >= 0.3 is 11.9 Å². The number of nitrogens with zero attached hydrogens (tertiary/aromatic N) is 2. The molecule has 1 heterocycles. The molecule has 7 nitrogen and oxygen atoms in total. The summed E-state index contributed by atoms with van der Waals surface area (Å²) in [5.41, 5.74) is 1.41. The average molecular weight is 428 g/mol. The van der Waals surface area contributed by atoms with Gasteiger partial charge in [0.15, 0.2) is 0 Å². The van der Waals surface area contributed by atoms with Crippen LogP contribution in [-0.2, 0) is 22.6 Å². The smallest absolute Gasteiger partial charge is 0.321 e. The van der Waals surface area contributed by atoms with Gasteiger partial charge in [0.05, 0.1) is 12.2 Å². The summed E-state index contributed by atoms with van der Waals surface area (Å²) in [6, 6.07) is 4.92. The lowest BCUT2D eigenvalue weighted by molar-refractivity contribution is -0.142. The lowest BCUT2D eigenvalue weighted by atomic mass is 10.0. The molecule has 0 aliphatic rings. The fourth-order valence-corrected chi connectivity index (χ4v) is 3.44. The summed E-state index contributed by atoms with van der Waals surface area (Å²) in [5.74, 6) is -2.07. The van der Waals surface area contributed by atoms with Gasteiger partial charge in [0.1, 0.15) is 12.1 Å². The monoisotopic (exact) mass is 427 g/mol. The lowest BCUT2D eigenvalue weighted by Crippen LogP contribution is -2.48. The van der Waals surface area contributed by atoms with E-state index >= 15 is 0 Å². The number of carboxylic acid groups (broad SMARTS) is 2. The van der Waals surface area contributed by atoms with Crippen molar-refractivity contribution in [2.75, 3.05) is 0 Å². The van der Waals surface area contributed by atoms with Crippen LogP contribution in [0.4, 0.5) is 0 Å². The summed E-state index contributed by atoms with van der Waals surface area (Å²) < 4.78 is 1.65. The van der Waals surface area contributed by atoms with Crippen molar-refractivity contribution in [3.05, 3.63) is 51.8 Å². The van der Waals surface area contributed by atoms with Crippen LogP contribution in [0.5, 0.6) is 0 Å². The molecule has 2 atom stereocenters. The highest BCUT2D eigenvalue weighted by Crippen LogP contribution is 2.19. The molecular formula is C19H23Cl2N3O4. The van der Waals surface area contributed by atoms with Crippen LogP contribution < -0.4 is 5.32 Å². The maximum Gasteiger partial charge on any atom is 0.321 e. The highest BCUT2D eigenvalue weighted by Gasteiger charge is 2.27. The van der Waals surface area contributed by atoms with Crippen molar-refractivity contribution < 1.29 is 19.8 Å². The topological polar surface area (TPSA) is 104 Å². The summed E-state index contributed by atoms with van der Waals surface area (Å²) in [7, 11) is 0. The van der Waals surface area contributed by atoms with Crippen LogP contribution in [0.15, 0.2) is 30.5 Å². The molecule has 9 heteroatoms. The van der Waals surface area contributed by atoms with E-state index in [0.717, 1.165) is 5.56 Å². The Bertz CT molecular complexity index is 818. The Morgan fingerprint density at radius 3 is 2.25 bits per heavy atom. The molecule has 0 aliphatic carbocycles. The number of aromatic nitrogens is 2. The third-order valence-corrected chi connectivity index (χ3v) is 4.52. The van der Waals surface area contributed by atoms with Gasteiger partial charge in [-0.25, -0.2) is 0 Å². The summed E-state index contributed by atoms with van der Waals surface area (Å²) >= 11 is 12.0. The molecule has 0 aliphatic heterocycles. The van der Waals surface area contributed by atoms with Crippen molar-refractivity contribution >= 4 is 35.1 Å². The molecule has 0 bridgehead atoms. The van der Waals surface area contributed by atoms with Crippen LogP contribution in [0.3, 0.4) is 0 Å². The molecule has 0 fully saturated rings. The number of hydrogen-bond donors (Lipinski definition) is 3. The van der Waals surface area contributed by atoms with Crippen molar-refractivity contribution in [3.63, 3.8) is 0 Å². The van der Waals surface area contributed by atoms with E-state index in [-0.39, 0.29) is 12.3 Å². The van der Waals surface area contributed by atoms with Crippen LogP contribution >= 0.6 is 23.2 Å². The first kappa shape index (κ1) is 22.2. The van der Waals surface area contributed by atoms with E-state index in [0.29, 0.717) is 28.7 Å². The number of aliphatic carboxylic acids is 2. The molecule has 1 aromatic heterocycles. The van der Waals surface area contributed by atoms with Crippen LogP contribution in [0.2, 0.25) is 10.0 Å². The second-order valence-corrected chi connectivity index (χ2v) is 7.94. The number of rotatable bonds is 10. The predicted octanol–water partition coefficient (Wildman–Crippen LogP) is 3.32. The molecule has 0 saturated heterocycles. The summed E-state index contributed by atoms with van der Waals surface area (Å²) in [5, 5.41) is 27.0. The van der Waals surface area contributed by atoms with Crippen LogP contribution in [0, 0.1) is 5.92 Å². The number of benzene rings is 1. The first-order valence-corrected chi connectivity index (χ1v) is 9.58. The minimum Gasteiger partial charge on any atom is -0.480 e. The van der Waals surface area contributed by atoms with E-state index in [1.165, 1.54) is 0 Å². The van der Waals surface area contributed by atoms with Gasteiger partial charge in [0.25, 0.3) is 0 Å². The van der Waals surface area contributed by atoms with Gasteiger partial charge < -0.3 is 10.2 Å². The summed E-state index contributed by atoms with van der Waals surface area (Å²) in [6.07, 6.45) is 2.13. The van der Waals surface area contributed by atoms with E-state index in [1.807, 2.05) is 13.8 Å². The van der Waals surface area contributed by atoms with Crippen LogP contribution in [0.1, 0.15) is 31.5 Å². The minimum absolute atomic E-state index is 0.0700. The van der Waals surface area contributed by atoms with Gasteiger partial charge in [-0.3, -0.25) is 19.6 Å². The average Bonchev–Trinajstić information content (AvgIpc) is 2.98. The molecule has 0 amide bonds. The SMILES string of the molecule is CC(C)CC(N[C@@H](Cc1ccn(Cc2cc(Cl)cc(Cl)c2)n1)C(=O)O)C(=O)O. The third-order valence-electron chi connectivity index (χ3n) is 4.08. The van der Waals surface area contributed by atoms with Gasteiger partial charge in [0.2, 0.25) is 0 Å². The number of carbonyl (C=O) groups is 2. The maximum absolute atomic E-state index is 11.6. The van der Waals surface area contributed by atoms with Gasteiger partial charge in [-0.05, 0) is 42.2 Å². The highest BCUT2D eigenvalue weighted by atomic mass is 35.5. The van der Waals surface area contributed by atoms with Crippen molar-refractivity contribution in [2.24, 2.45) is 5.92 Å².